The molecule has 1 aliphatic rings. The number of aliphatic carboxylic acids is 1. The van der Waals surface area contributed by atoms with E-state index in [0.717, 1.165) is 16.9 Å². The Labute approximate surface area is 205 Å². The second kappa shape index (κ2) is 9.12. The number of thiophene rings is 1. The van der Waals surface area contributed by atoms with Crippen molar-refractivity contribution < 1.29 is 28.3 Å². The maximum Gasteiger partial charge on any atom is 0.325 e. The molecule has 0 unspecified atom stereocenters. The number of carboxylic acid groups (broad SMARTS) is 1. The highest BCUT2D eigenvalue weighted by Crippen LogP contribution is 2.52. The fraction of sp³-hybridized carbons (Fsp3) is 0.217. The molecule has 1 aliphatic carbocycles. The zero-order valence-electron chi connectivity index (χ0n) is 17.9. The van der Waals surface area contributed by atoms with Crippen LogP contribution in [0.5, 0.6) is 0 Å². The molecule has 2 aromatic carbocycles. The van der Waals surface area contributed by atoms with Crippen LogP contribution in [0.4, 0.5) is 0 Å². The highest BCUT2D eigenvalue weighted by molar-refractivity contribution is 7.91. The molecule has 1 aromatic heterocycles. The molecule has 178 valence electrons. The number of carbonyl (C=O) groups excluding carboxylic acids is 1. The molecular formula is C23H21ClN2O6S2. The van der Waals surface area contributed by atoms with E-state index in [1.807, 2.05) is 0 Å². The highest BCUT2D eigenvalue weighted by atomic mass is 35.5. The van der Waals surface area contributed by atoms with Gasteiger partial charge in [-0.05, 0) is 60.9 Å². The fourth-order valence-corrected chi connectivity index (χ4v) is 6.61. The van der Waals surface area contributed by atoms with Crippen LogP contribution in [0.15, 0.2) is 64.9 Å². The number of carboxylic acids is 1. The van der Waals surface area contributed by atoms with Crippen molar-refractivity contribution in [2.75, 3.05) is 6.54 Å². The van der Waals surface area contributed by atoms with Gasteiger partial charge in [-0.1, -0.05) is 35.9 Å². The van der Waals surface area contributed by atoms with Gasteiger partial charge in [-0.2, -0.15) is 4.72 Å². The molecule has 1 fully saturated rings. The molecule has 11 heteroatoms. The second-order valence-electron chi connectivity index (χ2n) is 7.91. The Balaban J connectivity index is 1.58. The van der Waals surface area contributed by atoms with Crippen LogP contribution in [0.2, 0.25) is 5.02 Å². The standard InChI is InChI=1S/C23H21ClN2O6S2/c1-2-26(30)21(27)16-5-3-4-15(12-16)18-13-23(18,22(28)29)25-34(31,32)20-11-10-19(33-20)14-6-8-17(24)9-7-14/h3-12,18,25,30H,2,13H2,1H3,(H,28,29)/t18-,23+/m0/s1. The molecule has 0 aliphatic heterocycles. The van der Waals surface area contributed by atoms with Gasteiger partial charge in [-0.25, -0.2) is 13.5 Å². The van der Waals surface area contributed by atoms with Crippen molar-refractivity contribution >= 4 is 44.8 Å². The van der Waals surface area contributed by atoms with Gasteiger partial charge in [0.25, 0.3) is 15.9 Å². The summed E-state index contributed by atoms with van der Waals surface area (Å²) in [5, 5.41) is 20.7. The van der Waals surface area contributed by atoms with Gasteiger partial charge in [0.05, 0.1) is 0 Å². The summed E-state index contributed by atoms with van der Waals surface area (Å²) in [6, 6.07) is 16.2. The van der Waals surface area contributed by atoms with Crippen molar-refractivity contribution in [1.82, 2.24) is 9.79 Å². The molecule has 0 bridgehead atoms. The molecule has 1 saturated carbocycles. The minimum Gasteiger partial charge on any atom is -0.480 e. The lowest BCUT2D eigenvalue weighted by Gasteiger charge is -2.16. The summed E-state index contributed by atoms with van der Waals surface area (Å²) in [4.78, 5) is 25.1. The highest BCUT2D eigenvalue weighted by Gasteiger charge is 2.63. The Hall–Kier alpha value is -2.76. The van der Waals surface area contributed by atoms with Gasteiger partial charge >= 0.3 is 5.97 Å². The number of hydrogen-bond acceptors (Lipinski definition) is 6. The molecular weight excluding hydrogens is 500 g/mol. The van der Waals surface area contributed by atoms with E-state index in [-0.39, 0.29) is 22.7 Å². The third-order valence-electron chi connectivity index (χ3n) is 5.70. The van der Waals surface area contributed by atoms with E-state index in [1.165, 1.54) is 18.2 Å². The van der Waals surface area contributed by atoms with Crippen molar-refractivity contribution in [2.24, 2.45) is 0 Å². The molecule has 0 radical (unpaired) electrons. The maximum atomic E-state index is 13.1. The maximum absolute atomic E-state index is 13.1. The van der Waals surface area contributed by atoms with Crippen LogP contribution < -0.4 is 4.72 Å². The molecule has 2 atom stereocenters. The molecule has 34 heavy (non-hydrogen) atoms. The lowest BCUT2D eigenvalue weighted by molar-refractivity contribution is -0.140. The molecule has 1 amide bonds. The monoisotopic (exact) mass is 520 g/mol. The van der Waals surface area contributed by atoms with E-state index >= 15 is 0 Å². The van der Waals surface area contributed by atoms with Crippen LogP contribution in [0, 0.1) is 0 Å². The number of amides is 1. The van der Waals surface area contributed by atoms with Crippen LogP contribution in [0.3, 0.4) is 0 Å². The van der Waals surface area contributed by atoms with E-state index in [1.54, 1.807) is 49.4 Å². The number of hydroxylamine groups is 2. The van der Waals surface area contributed by atoms with E-state index in [0.29, 0.717) is 20.5 Å². The van der Waals surface area contributed by atoms with E-state index in [9.17, 15) is 28.3 Å². The number of nitrogens with one attached hydrogen (secondary N) is 1. The summed E-state index contributed by atoms with van der Waals surface area (Å²) in [7, 11) is -4.13. The minimum absolute atomic E-state index is 0.00785. The summed E-state index contributed by atoms with van der Waals surface area (Å²) in [5.41, 5.74) is -0.260. The van der Waals surface area contributed by atoms with Gasteiger partial charge in [0.15, 0.2) is 0 Å². The first-order chi connectivity index (χ1) is 16.1. The van der Waals surface area contributed by atoms with Crippen molar-refractivity contribution in [3.8, 4) is 10.4 Å². The first kappa shape index (κ1) is 24.4. The Kier molecular flexibility index (Phi) is 6.54. The molecule has 3 N–H and O–H groups in total. The fourth-order valence-electron chi connectivity index (χ4n) is 3.76. The normalized spacial score (nSPS) is 19.6. The van der Waals surface area contributed by atoms with Gasteiger partial charge in [0, 0.05) is 27.9 Å². The molecule has 0 spiro atoms. The number of carbonyl (C=O) groups is 2. The van der Waals surface area contributed by atoms with Gasteiger partial charge in [-0.3, -0.25) is 14.8 Å². The summed E-state index contributed by atoms with van der Waals surface area (Å²) in [6.07, 6.45) is 0.0330. The molecule has 0 saturated heterocycles. The van der Waals surface area contributed by atoms with Crippen molar-refractivity contribution in [3.05, 3.63) is 76.8 Å². The van der Waals surface area contributed by atoms with Crippen LogP contribution in [-0.2, 0) is 14.8 Å². The van der Waals surface area contributed by atoms with E-state index in [2.05, 4.69) is 4.72 Å². The molecule has 8 nitrogen and oxygen atoms in total. The topological polar surface area (TPSA) is 124 Å². The van der Waals surface area contributed by atoms with E-state index < -0.39 is 33.4 Å². The second-order valence-corrected chi connectivity index (χ2v) is 11.3. The van der Waals surface area contributed by atoms with Gasteiger partial charge in [0.1, 0.15) is 9.75 Å². The van der Waals surface area contributed by atoms with Gasteiger partial charge < -0.3 is 5.11 Å². The summed E-state index contributed by atoms with van der Waals surface area (Å²) in [6.45, 7) is 1.69. The predicted molar refractivity (Wildman–Crippen MR) is 128 cm³/mol. The summed E-state index contributed by atoms with van der Waals surface area (Å²) < 4.78 is 28.6. The lowest BCUT2D eigenvalue weighted by Crippen LogP contribution is -2.44. The van der Waals surface area contributed by atoms with Crippen molar-refractivity contribution in [2.45, 2.75) is 29.0 Å². The first-order valence-corrected chi connectivity index (χ1v) is 13.0. The van der Waals surface area contributed by atoms with E-state index in [4.69, 9.17) is 11.6 Å². The van der Waals surface area contributed by atoms with Crippen molar-refractivity contribution in [1.29, 1.82) is 0 Å². The number of rotatable bonds is 8. The Morgan fingerprint density at radius 2 is 1.88 bits per heavy atom. The van der Waals surface area contributed by atoms with Gasteiger partial charge in [0.2, 0.25) is 0 Å². The van der Waals surface area contributed by atoms with Crippen LogP contribution in [-0.4, -0.2) is 47.8 Å². The average molecular weight is 521 g/mol. The average Bonchev–Trinajstić information content (AvgIpc) is 3.31. The molecule has 1 heterocycles. The number of nitrogens with zero attached hydrogens (tertiary/aromatic N) is 1. The predicted octanol–water partition coefficient (Wildman–Crippen LogP) is 4.21. The third-order valence-corrected chi connectivity index (χ3v) is 9.09. The van der Waals surface area contributed by atoms with Gasteiger partial charge in [-0.15, -0.1) is 11.3 Å². The number of hydrogen-bond donors (Lipinski definition) is 3. The Morgan fingerprint density at radius 3 is 2.53 bits per heavy atom. The Bertz CT molecular complexity index is 1360. The van der Waals surface area contributed by atoms with Crippen molar-refractivity contribution in [3.63, 3.8) is 0 Å². The zero-order chi connectivity index (χ0) is 24.7. The first-order valence-electron chi connectivity index (χ1n) is 10.3. The van der Waals surface area contributed by atoms with Crippen LogP contribution in [0.1, 0.15) is 35.2 Å². The quantitative estimate of drug-likeness (QED) is 0.302. The molecule has 3 aromatic rings. The smallest absolute Gasteiger partial charge is 0.325 e. The Morgan fingerprint density at radius 1 is 1.18 bits per heavy atom. The SMILES string of the molecule is CCN(O)C(=O)c1cccc([C@@H]2C[C@]2(NS(=O)(=O)c2ccc(-c3ccc(Cl)cc3)s2)C(=O)O)c1. The van der Waals surface area contributed by atoms with Crippen LogP contribution >= 0.6 is 22.9 Å². The molecule has 4 rings (SSSR count). The largest absolute Gasteiger partial charge is 0.480 e. The van der Waals surface area contributed by atoms with Crippen LogP contribution in [0.25, 0.3) is 10.4 Å². The third kappa shape index (κ3) is 4.59. The number of halogens is 1. The lowest BCUT2D eigenvalue weighted by atomic mass is 10.0. The zero-order valence-corrected chi connectivity index (χ0v) is 20.3. The number of sulfonamides is 1. The minimum atomic E-state index is -4.13. The number of benzene rings is 2. The summed E-state index contributed by atoms with van der Waals surface area (Å²) in [5.74, 6) is -2.60. The summed E-state index contributed by atoms with van der Waals surface area (Å²) >= 11 is 6.93.